The van der Waals surface area contributed by atoms with Crippen LogP contribution in [-0.4, -0.2) is 13.1 Å². The fourth-order valence-corrected chi connectivity index (χ4v) is 7.61. The number of anilines is 6. The Balaban J connectivity index is 1.46. The van der Waals surface area contributed by atoms with Gasteiger partial charge in [-0.15, -0.1) is 13.2 Å². The third-order valence-corrected chi connectivity index (χ3v) is 9.63. The maximum atomic E-state index is 14.1. The van der Waals surface area contributed by atoms with Crippen molar-refractivity contribution in [1.82, 2.24) is 0 Å². The van der Waals surface area contributed by atoms with E-state index in [2.05, 4.69) is 58.3 Å². The van der Waals surface area contributed by atoms with Crippen LogP contribution in [0.4, 0.5) is 47.3 Å². The molecule has 0 amide bonds. The summed E-state index contributed by atoms with van der Waals surface area (Å²) in [5, 5.41) is 4.15. The number of rotatable bonds is 3. The average Bonchev–Trinajstić information content (AvgIpc) is 3.08. The van der Waals surface area contributed by atoms with E-state index in [1.807, 2.05) is 86.6 Å². The summed E-state index contributed by atoms with van der Waals surface area (Å²) in [4.78, 5) is 4.24. The number of fused-ring (bicyclic) bond motifs is 8. The number of ether oxygens (including phenoxy) is 1. The van der Waals surface area contributed by atoms with Gasteiger partial charge in [0.15, 0.2) is 0 Å². The van der Waals surface area contributed by atoms with Crippen molar-refractivity contribution in [3.63, 3.8) is 0 Å². The Morgan fingerprint density at radius 2 is 0.979 bits per heavy atom. The highest BCUT2D eigenvalue weighted by Crippen LogP contribution is 2.49. The maximum Gasteiger partial charge on any atom is 0.573 e. The molecule has 0 unspecified atom stereocenters. The lowest BCUT2D eigenvalue weighted by atomic mass is 9.33. The molecule has 0 bridgehead atoms. The molecule has 2 aliphatic heterocycles. The number of alkyl halides is 3. The minimum Gasteiger partial charge on any atom is -0.406 e. The fraction of sp³-hybridized carbons (Fsp3) is 0.0732. The lowest BCUT2D eigenvalue weighted by molar-refractivity contribution is -0.274. The molecule has 48 heavy (non-hydrogen) atoms. The summed E-state index contributed by atoms with van der Waals surface area (Å²) in [6, 6.07) is 44.5. The molecule has 0 N–H and O–H groups in total. The number of aryl methyl sites for hydroxylation is 2. The second kappa shape index (κ2) is 10.4. The van der Waals surface area contributed by atoms with Crippen molar-refractivity contribution >= 4 is 78.8 Å². The Morgan fingerprint density at radius 3 is 1.42 bits per heavy atom. The average molecular weight is 632 g/mol. The molecule has 0 aromatic heterocycles. The van der Waals surface area contributed by atoms with Crippen LogP contribution in [0, 0.1) is 13.8 Å². The van der Waals surface area contributed by atoms with Gasteiger partial charge in [0.2, 0.25) is 0 Å². The van der Waals surface area contributed by atoms with Crippen molar-refractivity contribution in [1.29, 1.82) is 0 Å². The summed E-state index contributed by atoms with van der Waals surface area (Å²) < 4.78 is 47.0. The summed E-state index contributed by atoms with van der Waals surface area (Å²) >= 11 is 0. The molecule has 0 spiro atoms. The van der Waals surface area contributed by atoms with Gasteiger partial charge in [0, 0.05) is 57.0 Å². The van der Waals surface area contributed by atoms with Crippen molar-refractivity contribution < 1.29 is 17.9 Å². The quantitative estimate of drug-likeness (QED) is 0.181. The highest BCUT2D eigenvalue weighted by molar-refractivity contribution is 7.00. The van der Waals surface area contributed by atoms with Crippen LogP contribution in [0.5, 0.6) is 5.75 Å². The maximum absolute atomic E-state index is 14.1. The lowest BCUT2D eigenvalue weighted by Gasteiger charge is -2.45. The molecular weight excluding hydrogens is 604 g/mol. The molecule has 232 valence electrons. The van der Waals surface area contributed by atoms with E-state index in [1.165, 1.54) is 0 Å². The van der Waals surface area contributed by atoms with E-state index in [0.29, 0.717) is 11.4 Å². The molecular formula is C41H28BF3N2O. The van der Waals surface area contributed by atoms with Gasteiger partial charge < -0.3 is 14.5 Å². The topological polar surface area (TPSA) is 15.7 Å². The minimum absolute atomic E-state index is 0.252. The molecule has 2 heterocycles. The van der Waals surface area contributed by atoms with Crippen LogP contribution in [0.2, 0.25) is 0 Å². The number of hydrogen-bond acceptors (Lipinski definition) is 3. The first-order chi connectivity index (χ1) is 23.2. The standard InChI is InChI=1S/C41H28BF3N2O/c1-25-11-17-29(18-12-25)46-36-23-31(48-41(43,44)45)24-37-38(36)42(34-21-15-27-7-3-5-9-32(27)39(34)46)35-22-16-28-8-4-6-10-33(28)40(35)47(37)30-19-13-26(2)14-20-30/h3-24H,1-2H3. The van der Waals surface area contributed by atoms with Crippen molar-refractivity contribution in [2.75, 3.05) is 9.80 Å². The molecule has 9 rings (SSSR count). The Bertz CT molecular complexity index is 2250. The smallest absolute Gasteiger partial charge is 0.406 e. The van der Waals surface area contributed by atoms with Gasteiger partial charge in [-0.1, -0.05) is 108 Å². The second-order valence-corrected chi connectivity index (χ2v) is 12.6. The number of benzene rings is 7. The minimum atomic E-state index is -4.87. The van der Waals surface area contributed by atoms with Gasteiger partial charge in [-0.2, -0.15) is 0 Å². The molecule has 7 aromatic rings. The summed E-state index contributed by atoms with van der Waals surface area (Å²) in [7, 11) is 0. The molecule has 0 fully saturated rings. The molecule has 2 aliphatic rings. The Hall–Kier alpha value is -5.69. The van der Waals surface area contributed by atoms with E-state index in [0.717, 1.165) is 71.8 Å². The van der Waals surface area contributed by atoms with Gasteiger partial charge in [-0.3, -0.25) is 0 Å². The van der Waals surface area contributed by atoms with E-state index in [4.69, 9.17) is 4.74 Å². The molecule has 0 saturated heterocycles. The summed E-state index contributed by atoms with van der Waals surface area (Å²) in [5.41, 5.74) is 10.2. The summed E-state index contributed by atoms with van der Waals surface area (Å²) in [6.07, 6.45) is -4.87. The number of hydrogen-bond donors (Lipinski definition) is 0. The van der Waals surface area contributed by atoms with E-state index in [9.17, 15) is 13.2 Å². The zero-order chi connectivity index (χ0) is 32.7. The first-order valence-corrected chi connectivity index (χ1v) is 16.0. The van der Waals surface area contributed by atoms with E-state index in [-0.39, 0.29) is 12.5 Å². The summed E-state index contributed by atoms with van der Waals surface area (Å²) in [6.45, 7) is 3.80. The zero-order valence-corrected chi connectivity index (χ0v) is 26.2. The lowest BCUT2D eigenvalue weighted by Crippen LogP contribution is -2.61. The Kier molecular flexibility index (Phi) is 6.19. The first-order valence-electron chi connectivity index (χ1n) is 16.0. The van der Waals surface area contributed by atoms with Crippen LogP contribution < -0.4 is 30.9 Å². The third-order valence-electron chi connectivity index (χ3n) is 9.63. The van der Waals surface area contributed by atoms with Crippen molar-refractivity contribution in [2.45, 2.75) is 20.2 Å². The number of halogens is 3. The van der Waals surface area contributed by atoms with E-state index < -0.39 is 6.36 Å². The van der Waals surface area contributed by atoms with Crippen LogP contribution in [0.25, 0.3) is 21.5 Å². The van der Waals surface area contributed by atoms with Crippen LogP contribution >= 0.6 is 0 Å². The van der Waals surface area contributed by atoms with Crippen LogP contribution in [0.3, 0.4) is 0 Å². The zero-order valence-electron chi connectivity index (χ0n) is 26.2. The normalized spacial score (nSPS) is 13.4. The van der Waals surface area contributed by atoms with Gasteiger partial charge in [-0.25, -0.2) is 0 Å². The SMILES string of the molecule is Cc1ccc(N2c3cc(OC(F)(F)F)cc4c3B(c3ccc5ccccc5c32)c2ccc3ccccc3c2N4c2ccc(C)cc2)cc1. The van der Waals surface area contributed by atoms with E-state index in [1.54, 1.807) is 12.1 Å². The van der Waals surface area contributed by atoms with Crippen LogP contribution in [0.15, 0.2) is 133 Å². The van der Waals surface area contributed by atoms with E-state index >= 15 is 0 Å². The number of nitrogens with zero attached hydrogens (tertiary/aromatic N) is 2. The molecule has 7 heteroatoms. The van der Waals surface area contributed by atoms with Crippen LogP contribution in [-0.2, 0) is 0 Å². The van der Waals surface area contributed by atoms with Crippen molar-refractivity contribution in [3.8, 4) is 5.75 Å². The third kappa shape index (κ3) is 4.38. The second-order valence-electron chi connectivity index (χ2n) is 12.6. The van der Waals surface area contributed by atoms with Gasteiger partial charge >= 0.3 is 6.36 Å². The summed E-state index contributed by atoms with van der Waals surface area (Å²) in [5.74, 6) is -0.267. The molecule has 0 saturated carbocycles. The monoisotopic (exact) mass is 632 g/mol. The van der Waals surface area contributed by atoms with Crippen LogP contribution in [0.1, 0.15) is 11.1 Å². The van der Waals surface area contributed by atoms with Crippen molar-refractivity contribution in [3.05, 3.63) is 145 Å². The van der Waals surface area contributed by atoms with Gasteiger partial charge in [0.05, 0.1) is 0 Å². The molecule has 3 nitrogen and oxygen atoms in total. The van der Waals surface area contributed by atoms with Gasteiger partial charge in [0.1, 0.15) is 5.75 Å². The fourth-order valence-electron chi connectivity index (χ4n) is 7.61. The predicted octanol–water partition coefficient (Wildman–Crippen LogP) is 9.59. The van der Waals surface area contributed by atoms with Crippen molar-refractivity contribution in [2.24, 2.45) is 0 Å². The highest BCUT2D eigenvalue weighted by atomic mass is 19.4. The highest BCUT2D eigenvalue weighted by Gasteiger charge is 2.45. The molecule has 0 radical (unpaired) electrons. The Morgan fingerprint density at radius 1 is 0.542 bits per heavy atom. The molecule has 7 aromatic carbocycles. The van der Waals surface area contributed by atoms with Gasteiger partial charge in [0.25, 0.3) is 6.71 Å². The predicted molar refractivity (Wildman–Crippen MR) is 192 cm³/mol. The van der Waals surface area contributed by atoms with Gasteiger partial charge in [-0.05, 0) is 65.3 Å². The first kappa shape index (κ1) is 28.5. The molecule has 0 atom stereocenters. The largest absolute Gasteiger partial charge is 0.573 e. The Labute approximate surface area is 276 Å². The molecule has 0 aliphatic carbocycles.